The molecular formula is C17H34N2. The van der Waals surface area contributed by atoms with Crippen molar-refractivity contribution in [3.63, 3.8) is 0 Å². The first-order valence-corrected chi connectivity index (χ1v) is 8.39. The molecule has 0 aromatic heterocycles. The lowest BCUT2D eigenvalue weighted by Crippen LogP contribution is -2.44. The molecular weight excluding hydrogens is 232 g/mol. The Morgan fingerprint density at radius 2 is 1.58 bits per heavy atom. The minimum absolute atomic E-state index is 0.250. The van der Waals surface area contributed by atoms with Crippen LogP contribution in [0.3, 0.4) is 0 Å². The zero-order chi connectivity index (χ0) is 13.9. The van der Waals surface area contributed by atoms with Crippen molar-refractivity contribution in [3.05, 3.63) is 0 Å². The van der Waals surface area contributed by atoms with E-state index >= 15 is 0 Å². The van der Waals surface area contributed by atoms with Crippen LogP contribution in [0.25, 0.3) is 0 Å². The fourth-order valence-corrected chi connectivity index (χ4v) is 3.81. The van der Waals surface area contributed by atoms with Crippen molar-refractivity contribution in [2.45, 2.75) is 78.2 Å². The van der Waals surface area contributed by atoms with Crippen LogP contribution in [0.4, 0.5) is 0 Å². The van der Waals surface area contributed by atoms with Crippen LogP contribution < -0.4 is 5.73 Å². The Kier molecular flexibility index (Phi) is 4.94. The predicted molar refractivity (Wildman–Crippen MR) is 83.2 cm³/mol. The SMILES string of the molecule is CC(C)(C)C(N)CCN1CCC2(CCCCC2)CC1. The first-order chi connectivity index (χ1) is 8.91. The third-order valence-corrected chi connectivity index (χ3v) is 5.70. The summed E-state index contributed by atoms with van der Waals surface area (Å²) in [7, 11) is 0. The lowest BCUT2D eigenvalue weighted by atomic mass is 9.68. The molecule has 1 saturated carbocycles. The van der Waals surface area contributed by atoms with E-state index in [0.717, 1.165) is 11.8 Å². The van der Waals surface area contributed by atoms with Crippen molar-refractivity contribution in [3.8, 4) is 0 Å². The Morgan fingerprint density at radius 1 is 1.00 bits per heavy atom. The molecule has 1 atom stereocenters. The highest BCUT2D eigenvalue weighted by molar-refractivity contribution is 4.89. The van der Waals surface area contributed by atoms with E-state index in [4.69, 9.17) is 5.73 Å². The number of likely N-dealkylation sites (tertiary alicyclic amines) is 1. The van der Waals surface area contributed by atoms with Gasteiger partial charge in [-0.2, -0.15) is 0 Å². The summed E-state index contributed by atoms with van der Waals surface area (Å²) in [5, 5.41) is 0. The number of nitrogens with two attached hydrogens (primary N) is 1. The zero-order valence-electron chi connectivity index (χ0n) is 13.4. The smallest absolute Gasteiger partial charge is 0.00998 e. The van der Waals surface area contributed by atoms with E-state index in [0.29, 0.717) is 6.04 Å². The molecule has 0 bridgehead atoms. The summed E-state index contributed by atoms with van der Waals surface area (Å²) in [6, 6.07) is 0.332. The van der Waals surface area contributed by atoms with Crippen molar-refractivity contribution in [1.29, 1.82) is 0 Å². The molecule has 2 nitrogen and oxygen atoms in total. The molecule has 1 aliphatic carbocycles. The van der Waals surface area contributed by atoms with Gasteiger partial charge in [-0.3, -0.25) is 0 Å². The molecule has 1 saturated heterocycles. The minimum atomic E-state index is 0.250. The molecule has 1 aliphatic heterocycles. The highest BCUT2D eigenvalue weighted by Gasteiger charge is 2.35. The number of nitrogens with zero attached hydrogens (tertiary/aromatic N) is 1. The molecule has 1 heterocycles. The first-order valence-electron chi connectivity index (χ1n) is 8.39. The summed E-state index contributed by atoms with van der Waals surface area (Å²) in [6.07, 6.45) is 11.5. The average molecular weight is 266 g/mol. The predicted octanol–water partition coefficient (Wildman–Crippen LogP) is 3.80. The van der Waals surface area contributed by atoms with Gasteiger partial charge in [0.2, 0.25) is 0 Å². The Bertz CT molecular complexity index is 263. The van der Waals surface area contributed by atoms with Gasteiger partial charge in [0.15, 0.2) is 0 Å². The second-order valence-electron chi connectivity index (χ2n) is 8.16. The van der Waals surface area contributed by atoms with E-state index in [1.165, 1.54) is 64.6 Å². The monoisotopic (exact) mass is 266 g/mol. The summed E-state index contributed by atoms with van der Waals surface area (Å²) >= 11 is 0. The van der Waals surface area contributed by atoms with Crippen molar-refractivity contribution >= 4 is 0 Å². The summed E-state index contributed by atoms with van der Waals surface area (Å²) < 4.78 is 0. The molecule has 2 N–H and O–H groups in total. The Morgan fingerprint density at radius 3 is 2.11 bits per heavy atom. The van der Waals surface area contributed by atoms with Crippen LogP contribution in [0, 0.1) is 10.8 Å². The largest absolute Gasteiger partial charge is 0.327 e. The molecule has 2 aliphatic rings. The molecule has 112 valence electrons. The maximum absolute atomic E-state index is 6.28. The quantitative estimate of drug-likeness (QED) is 0.842. The molecule has 1 spiro atoms. The first kappa shape index (κ1) is 15.3. The topological polar surface area (TPSA) is 29.3 Å². The van der Waals surface area contributed by atoms with Gasteiger partial charge in [0, 0.05) is 6.04 Å². The third kappa shape index (κ3) is 4.19. The van der Waals surface area contributed by atoms with Crippen LogP contribution in [-0.4, -0.2) is 30.6 Å². The normalized spacial score (nSPS) is 26.5. The van der Waals surface area contributed by atoms with Crippen molar-refractivity contribution in [1.82, 2.24) is 4.90 Å². The van der Waals surface area contributed by atoms with Crippen LogP contribution in [0.15, 0.2) is 0 Å². The van der Waals surface area contributed by atoms with Gasteiger partial charge in [-0.1, -0.05) is 40.0 Å². The maximum atomic E-state index is 6.28. The second-order valence-corrected chi connectivity index (χ2v) is 8.16. The lowest BCUT2D eigenvalue weighted by molar-refractivity contribution is 0.0644. The fraction of sp³-hybridized carbons (Fsp3) is 1.00. The third-order valence-electron chi connectivity index (χ3n) is 5.70. The molecule has 0 amide bonds. The second kappa shape index (κ2) is 6.13. The number of piperidine rings is 1. The van der Waals surface area contributed by atoms with Gasteiger partial charge in [0.1, 0.15) is 0 Å². The standard InChI is InChI=1S/C17H34N2/c1-16(2,3)15(18)7-12-19-13-10-17(11-14-19)8-5-4-6-9-17/h15H,4-14,18H2,1-3H3. The Labute approximate surface area is 120 Å². The summed E-state index contributed by atoms with van der Waals surface area (Å²) in [5.41, 5.74) is 7.26. The van der Waals surface area contributed by atoms with Crippen molar-refractivity contribution in [2.75, 3.05) is 19.6 Å². The van der Waals surface area contributed by atoms with Gasteiger partial charge in [0.25, 0.3) is 0 Å². The van der Waals surface area contributed by atoms with E-state index in [-0.39, 0.29) is 5.41 Å². The number of rotatable bonds is 3. The van der Waals surface area contributed by atoms with Gasteiger partial charge in [-0.25, -0.2) is 0 Å². The number of hydrogen-bond acceptors (Lipinski definition) is 2. The van der Waals surface area contributed by atoms with E-state index in [1.807, 2.05) is 0 Å². The van der Waals surface area contributed by atoms with Crippen LogP contribution in [-0.2, 0) is 0 Å². The summed E-state index contributed by atoms with van der Waals surface area (Å²) in [6.45, 7) is 10.6. The van der Waals surface area contributed by atoms with Gasteiger partial charge >= 0.3 is 0 Å². The van der Waals surface area contributed by atoms with Crippen LogP contribution in [0.5, 0.6) is 0 Å². The van der Waals surface area contributed by atoms with E-state index in [2.05, 4.69) is 25.7 Å². The van der Waals surface area contributed by atoms with Gasteiger partial charge < -0.3 is 10.6 Å². The molecule has 0 aromatic rings. The molecule has 0 aromatic carbocycles. The highest BCUT2D eigenvalue weighted by atomic mass is 15.1. The molecule has 2 fully saturated rings. The van der Waals surface area contributed by atoms with E-state index in [1.54, 1.807) is 0 Å². The van der Waals surface area contributed by atoms with Gasteiger partial charge in [-0.05, 0) is 62.6 Å². The van der Waals surface area contributed by atoms with Crippen LogP contribution in [0.1, 0.15) is 72.1 Å². The molecule has 0 radical (unpaired) electrons. The molecule has 2 heteroatoms. The van der Waals surface area contributed by atoms with Crippen LogP contribution >= 0.6 is 0 Å². The van der Waals surface area contributed by atoms with Crippen LogP contribution in [0.2, 0.25) is 0 Å². The fourth-order valence-electron chi connectivity index (χ4n) is 3.81. The van der Waals surface area contributed by atoms with Gasteiger partial charge in [0.05, 0.1) is 0 Å². The zero-order valence-corrected chi connectivity index (χ0v) is 13.4. The van der Waals surface area contributed by atoms with Crippen molar-refractivity contribution < 1.29 is 0 Å². The van der Waals surface area contributed by atoms with E-state index < -0.39 is 0 Å². The number of hydrogen-bond donors (Lipinski definition) is 1. The minimum Gasteiger partial charge on any atom is -0.327 e. The summed E-state index contributed by atoms with van der Waals surface area (Å²) in [5.74, 6) is 0. The van der Waals surface area contributed by atoms with Gasteiger partial charge in [-0.15, -0.1) is 0 Å². The average Bonchev–Trinajstić information content (AvgIpc) is 2.38. The Hall–Kier alpha value is -0.0800. The summed E-state index contributed by atoms with van der Waals surface area (Å²) in [4.78, 5) is 2.66. The molecule has 19 heavy (non-hydrogen) atoms. The molecule has 2 rings (SSSR count). The lowest BCUT2D eigenvalue weighted by Gasteiger charge is -2.44. The van der Waals surface area contributed by atoms with Crippen molar-refractivity contribution in [2.24, 2.45) is 16.6 Å². The van der Waals surface area contributed by atoms with E-state index in [9.17, 15) is 0 Å². The highest BCUT2D eigenvalue weighted by Crippen LogP contribution is 2.44. The maximum Gasteiger partial charge on any atom is 0.00998 e. The Balaban J connectivity index is 1.71. The molecule has 1 unspecified atom stereocenters.